The molecule has 0 radical (unpaired) electrons. The third-order valence-corrected chi connectivity index (χ3v) is 8.46. The van der Waals surface area contributed by atoms with Gasteiger partial charge < -0.3 is 0 Å². The van der Waals surface area contributed by atoms with Gasteiger partial charge in [-0.05, 0) is 54.8 Å². The molecule has 0 aromatic heterocycles. The zero-order valence-electron chi connectivity index (χ0n) is 13.7. The van der Waals surface area contributed by atoms with Crippen molar-refractivity contribution >= 4 is 11.6 Å². The Morgan fingerprint density at radius 2 is 1.30 bits per heavy atom. The van der Waals surface area contributed by atoms with E-state index in [9.17, 15) is 9.59 Å². The van der Waals surface area contributed by atoms with Crippen molar-refractivity contribution in [2.24, 2.45) is 52.8 Å². The maximum atomic E-state index is 13.1. The second kappa shape index (κ2) is 4.46. The summed E-state index contributed by atoms with van der Waals surface area (Å²) in [5, 5.41) is 0. The summed E-state index contributed by atoms with van der Waals surface area (Å²) in [7, 11) is 0. The summed E-state index contributed by atoms with van der Waals surface area (Å²) in [6, 6.07) is 0. The molecule has 0 saturated heterocycles. The number of ketones is 2. The molecule has 0 unspecified atom stereocenters. The first-order valence-electron chi connectivity index (χ1n) is 9.46. The van der Waals surface area contributed by atoms with Crippen LogP contribution in [0.3, 0.4) is 0 Å². The van der Waals surface area contributed by atoms with Crippen LogP contribution in [0, 0.1) is 52.8 Å². The maximum absolute atomic E-state index is 13.1. The molecule has 0 aromatic carbocycles. The Balaban J connectivity index is 1.67. The maximum Gasteiger partial charge on any atom is 0.140 e. The molecule has 5 fully saturated rings. The third kappa shape index (κ3) is 1.35. The summed E-state index contributed by atoms with van der Waals surface area (Å²) in [4.78, 5) is 26.3. The number of hydrogen-bond acceptors (Lipinski definition) is 2. The second-order valence-electron chi connectivity index (χ2n) is 8.76. The molecule has 23 heavy (non-hydrogen) atoms. The molecule has 122 valence electrons. The lowest BCUT2D eigenvalue weighted by Gasteiger charge is -2.30. The van der Waals surface area contributed by atoms with Gasteiger partial charge in [0.2, 0.25) is 0 Å². The Labute approximate surface area is 138 Å². The lowest BCUT2D eigenvalue weighted by atomic mass is 9.74. The van der Waals surface area contributed by atoms with Gasteiger partial charge in [-0.25, -0.2) is 0 Å². The molecule has 0 aliphatic heterocycles. The van der Waals surface area contributed by atoms with Crippen molar-refractivity contribution in [2.45, 2.75) is 38.5 Å². The highest BCUT2D eigenvalue weighted by Crippen LogP contribution is 2.81. The molecule has 2 heteroatoms. The van der Waals surface area contributed by atoms with E-state index < -0.39 is 0 Å². The Bertz CT molecular complexity index is 563. The van der Waals surface area contributed by atoms with Crippen LogP contribution in [0.25, 0.3) is 0 Å². The van der Waals surface area contributed by atoms with E-state index in [2.05, 4.69) is 13.2 Å². The van der Waals surface area contributed by atoms with Gasteiger partial charge in [0.05, 0.1) is 0 Å². The van der Waals surface area contributed by atoms with E-state index in [1.165, 1.54) is 25.7 Å². The predicted molar refractivity (Wildman–Crippen MR) is 88.5 cm³/mol. The Hall–Kier alpha value is -1.18. The van der Waals surface area contributed by atoms with E-state index in [0.29, 0.717) is 40.7 Å². The van der Waals surface area contributed by atoms with Gasteiger partial charge in [-0.1, -0.05) is 25.0 Å². The number of carbonyl (C=O) groups excluding carboxylic acids is 2. The van der Waals surface area contributed by atoms with Crippen molar-refractivity contribution in [3.63, 3.8) is 0 Å². The van der Waals surface area contributed by atoms with Crippen LogP contribution in [0.2, 0.25) is 0 Å². The molecular formula is C21H26O2. The minimum Gasteiger partial charge on any atom is -0.299 e. The molecule has 5 aliphatic carbocycles. The first-order valence-corrected chi connectivity index (χ1v) is 9.46. The number of allylic oxidation sites excluding steroid dienone is 2. The average Bonchev–Trinajstić information content (AvgIpc) is 3.28. The van der Waals surface area contributed by atoms with Gasteiger partial charge in [-0.2, -0.15) is 0 Å². The molecular weight excluding hydrogens is 284 g/mol. The average molecular weight is 310 g/mol. The SMILES string of the molecule is C=CC[C@@H]1C(=O)[C@H]2[C@@H]3C(=O)[C@H](CC=C)[C@H]4[C@@H]1[C@@H]2C1(CCCC1)[C@@H]34. The second-order valence-corrected chi connectivity index (χ2v) is 8.76. The van der Waals surface area contributed by atoms with Gasteiger partial charge in [0, 0.05) is 23.7 Å². The smallest absolute Gasteiger partial charge is 0.140 e. The van der Waals surface area contributed by atoms with Crippen molar-refractivity contribution < 1.29 is 9.59 Å². The Morgan fingerprint density at radius 1 is 0.870 bits per heavy atom. The zero-order chi connectivity index (χ0) is 15.9. The molecule has 8 atom stereocenters. The van der Waals surface area contributed by atoms with Crippen LogP contribution in [0.15, 0.2) is 25.3 Å². The molecule has 5 aliphatic rings. The number of carbonyl (C=O) groups is 2. The summed E-state index contributed by atoms with van der Waals surface area (Å²) < 4.78 is 0. The van der Waals surface area contributed by atoms with Crippen LogP contribution in [0.1, 0.15) is 38.5 Å². The number of Topliss-reactive ketones (excluding diaryl/α,β-unsaturated/α-hetero) is 2. The molecule has 1 spiro atoms. The summed E-state index contributed by atoms with van der Waals surface area (Å²) in [5.41, 5.74) is 0.335. The molecule has 5 rings (SSSR count). The van der Waals surface area contributed by atoms with E-state index in [1.807, 2.05) is 12.2 Å². The normalized spacial score (nSPS) is 51.1. The highest BCUT2D eigenvalue weighted by molar-refractivity contribution is 5.99. The number of hydrogen-bond donors (Lipinski definition) is 0. The molecule has 0 amide bonds. The molecule has 0 N–H and O–H groups in total. The van der Waals surface area contributed by atoms with E-state index in [0.717, 1.165) is 12.8 Å². The lowest BCUT2D eigenvalue weighted by molar-refractivity contribution is -0.132. The number of rotatable bonds is 4. The van der Waals surface area contributed by atoms with Crippen molar-refractivity contribution in [2.75, 3.05) is 0 Å². The zero-order valence-corrected chi connectivity index (χ0v) is 13.7. The van der Waals surface area contributed by atoms with Gasteiger partial charge in [0.25, 0.3) is 0 Å². The van der Waals surface area contributed by atoms with E-state index in [1.54, 1.807) is 0 Å². The van der Waals surface area contributed by atoms with Crippen molar-refractivity contribution in [1.29, 1.82) is 0 Å². The first kappa shape index (κ1) is 14.2. The van der Waals surface area contributed by atoms with Crippen LogP contribution in [0.4, 0.5) is 0 Å². The third-order valence-electron chi connectivity index (χ3n) is 8.46. The summed E-state index contributed by atoms with van der Waals surface area (Å²) in [6.45, 7) is 7.80. The first-order chi connectivity index (χ1) is 11.2. The van der Waals surface area contributed by atoms with Crippen LogP contribution in [0.5, 0.6) is 0 Å². The Morgan fingerprint density at radius 3 is 1.70 bits per heavy atom. The van der Waals surface area contributed by atoms with Crippen molar-refractivity contribution in [3.05, 3.63) is 25.3 Å². The van der Waals surface area contributed by atoms with Gasteiger partial charge >= 0.3 is 0 Å². The monoisotopic (exact) mass is 310 g/mol. The molecule has 0 heterocycles. The lowest BCUT2D eigenvalue weighted by Crippen LogP contribution is -2.28. The molecule has 0 aromatic rings. The van der Waals surface area contributed by atoms with E-state index in [4.69, 9.17) is 0 Å². The van der Waals surface area contributed by atoms with Crippen molar-refractivity contribution in [3.8, 4) is 0 Å². The predicted octanol–water partition coefficient (Wildman–Crippen LogP) is 3.82. The van der Waals surface area contributed by atoms with Crippen LogP contribution in [-0.4, -0.2) is 11.6 Å². The van der Waals surface area contributed by atoms with Crippen LogP contribution >= 0.6 is 0 Å². The highest BCUT2D eigenvalue weighted by Gasteiger charge is 2.82. The fourth-order valence-electron chi connectivity index (χ4n) is 8.33. The van der Waals surface area contributed by atoms with Crippen LogP contribution in [-0.2, 0) is 9.59 Å². The van der Waals surface area contributed by atoms with Gasteiger partial charge in [-0.15, -0.1) is 13.2 Å². The topological polar surface area (TPSA) is 34.1 Å². The van der Waals surface area contributed by atoms with E-state index in [-0.39, 0.29) is 23.7 Å². The summed E-state index contributed by atoms with van der Waals surface area (Å²) >= 11 is 0. The molecule has 2 nitrogen and oxygen atoms in total. The minimum atomic E-state index is 0.0617. The van der Waals surface area contributed by atoms with E-state index >= 15 is 0 Å². The highest BCUT2D eigenvalue weighted by atomic mass is 16.1. The number of fused-ring (bicyclic) bond motifs is 2. The van der Waals surface area contributed by atoms with Gasteiger partial charge in [0.15, 0.2) is 0 Å². The van der Waals surface area contributed by atoms with Crippen LogP contribution < -0.4 is 0 Å². The minimum absolute atomic E-state index is 0.0617. The largest absolute Gasteiger partial charge is 0.299 e. The molecule has 2 bridgehead atoms. The fraction of sp³-hybridized carbons (Fsp3) is 0.714. The molecule has 5 saturated carbocycles. The Kier molecular flexibility index (Phi) is 2.75. The standard InChI is InChI=1S/C21H26O2/c1-3-7-11-13-14-12(8-4-2)20(23)16-15(19(11)22)17(13)21(18(14)16)9-5-6-10-21/h3-4,11-18H,1-2,5-10H2/t11-,12+,13+,14-,15-,16-,17-,18+/m0/s1. The summed E-state index contributed by atoms with van der Waals surface area (Å²) in [5.74, 6) is 3.22. The summed E-state index contributed by atoms with van der Waals surface area (Å²) in [6.07, 6.45) is 10.6. The fourth-order valence-corrected chi connectivity index (χ4v) is 8.33. The van der Waals surface area contributed by atoms with Crippen molar-refractivity contribution in [1.82, 2.24) is 0 Å². The quantitative estimate of drug-likeness (QED) is 0.740. The van der Waals surface area contributed by atoms with Gasteiger partial charge in [-0.3, -0.25) is 9.59 Å². The van der Waals surface area contributed by atoms with Gasteiger partial charge in [0.1, 0.15) is 11.6 Å².